The minimum Gasteiger partial charge on any atom is -0.493 e. The lowest BCUT2D eigenvalue weighted by atomic mass is 9.91. The SMILES string of the molecule is CNC(=O)c1cccc(-c2cccc(COC3=C(C)C=C(CN4CC=C[C@H]4C(=O)O)C(OCC4=CC(F)CC(F)=C4)C3)c2C)c1C. The molecule has 2 aromatic carbocycles. The minimum absolute atomic E-state index is 0.0123. The summed E-state index contributed by atoms with van der Waals surface area (Å²) in [6.45, 7) is 7.11. The summed E-state index contributed by atoms with van der Waals surface area (Å²) in [4.78, 5) is 26.1. The normalized spacial score (nSPS) is 21.5. The lowest BCUT2D eigenvalue weighted by Gasteiger charge is -2.31. The van der Waals surface area contributed by atoms with Gasteiger partial charge in [0.15, 0.2) is 0 Å². The fourth-order valence-electron chi connectivity index (χ4n) is 6.27. The number of hydrogen-bond acceptors (Lipinski definition) is 5. The minimum atomic E-state index is -1.40. The number of alkyl halides is 1. The van der Waals surface area contributed by atoms with Gasteiger partial charge < -0.3 is 19.9 Å². The molecule has 2 N–H and O–H groups in total. The zero-order valence-electron chi connectivity index (χ0n) is 26.6. The predicted molar refractivity (Wildman–Crippen MR) is 174 cm³/mol. The van der Waals surface area contributed by atoms with E-state index in [2.05, 4.69) is 5.32 Å². The Morgan fingerprint density at radius 2 is 1.76 bits per heavy atom. The van der Waals surface area contributed by atoms with E-state index in [1.165, 1.54) is 12.2 Å². The number of carboxylic acids is 1. The molecule has 9 heteroatoms. The van der Waals surface area contributed by atoms with Crippen molar-refractivity contribution in [2.45, 2.75) is 58.5 Å². The summed E-state index contributed by atoms with van der Waals surface area (Å²) >= 11 is 0. The number of carbonyl (C=O) groups excluding carboxylic acids is 1. The number of carbonyl (C=O) groups is 2. The number of aliphatic carboxylic acids is 1. The molecule has 46 heavy (non-hydrogen) atoms. The van der Waals surface area contributed by atoms with E-state index in [1.807, 2.05) is 74.2 Å². The lowest BCUT2D eigenvalue weighted by Crippen LogP contribution is -2.40. The fraction of sp³-hybridized carbons (Fsp3) is 0.351. The zero-order valence-corrected chi connectivity index (χ0v) is 26.6. The molecule has 0 saturated heterocycles. The van der Waals surface area contributed by atoms with Crippen LogP contribution in [-0.2, 0) is 20.9 Å². The molecule has 2 aliphatic carbocycles. The third-order valence-corrected chi connectivity index (χ3v) is 8.84. The Bertz CT molecular complexity index is 1670. The van der Waals surface area contributed by atoms with Crippen LogP contribution < -0.4 is 5.32 Å². The molecule has 0 spiro atoms. The highest BCUT2D eigenvalue weighted by Gasteiger charge is 2.31. The molecule has 2 aromatic rings. The second-order valence-electron chi connectivity index (χ2n) is 12.0. The summed E-state index contributed by atoms with van der Waals surface area (Å²) in [6, 6.07) is 11.0. The van der Waals surface area contributed by atoms with E-state index in [4.69, 9.17) is 9.47 Å². The van der Waals surface area contributed by atoms with Crippen LogP contribution in [0.5, 0.6) is 0 Å². The number of hydrogen-bond donors (Lipinski definition) is 2. The standard InChI is InChI=1S/C37H40F2N2O5/c1-22-14-27(19-41-13-7-12-33(41)37(43)44)35(45-20-25-15-28(38)17-29(39)16-25)18-34(22)46-21-26-8-5-9-30(23(26)2)31-10-6-11-32(24(31)3)36(42)40-4/h5-12,14-16,28,33,35H,13,17-21H2,1-4H3,(H,40,42)(H,43,44)/t28?,33-,35?/m0/s1. The number of allylic oxidation sites excluding steroid dienone is 4. The summed E-state index contributed by atoms with van der Waals surface area (Å²) in [5, 5.41) is 12.4. The average molecular weight is 631 g/mol. The van der Waals surface area contributed by atoms with Crippen molar-refractivity contribution in [2.75, 3.05) is 26.7 Å². The second-order valence-corrected chi connectivity index (χ2v) is 12.0. The molecule has 0 aromatic heterocycles. The molecule has 1 aliphatic heterocycles. The summed E-state index contributed by atoms with van der Waals surface area (Å²) in [6.07, 6.45) is 6.42. The lowest BCUT2D eigenvalue weighted by molar-refractivity contribution is -0.140. The molecule has 7 nitrogen and oxygen atoms in total. The molecular weight excluding hydrogens is 590 g/mol. The van der Waals surface area contributed by atoms with Crippen molar-refractivity contribution in [2.24, 2.45) is 0 Å². The summed E-state index contributed by atoms with van der Waals surface area (Å²) < 4.78 is 40.7. The van der Waals surface area contributed by atoms with E-state index in [-0.39, 0.29) is 18.9 Å². The number of benzene rings is 2. The van der Waals surface area contributed by atoms with E-state index in [0.717, 1.165) is 44.7 Å². The van der Waals surface area contributed by atoms with Crippen molar-refractivity contribution in [3.05, 3.63) is 117 Å². The van der Waals surface area contributed by atoms with Gasteiger partial charge >= 0.3 is 5.97 Å². The Hall–Kier alpha value is -4.34. The first-order valence-electron chi connectivity index (χ1n) is 15.4. The third-order valence-electron chi connectivity index (χ3n) is 8.84. The fourth-order valence-corrected chi connectivity index (χ4v) is 6.27. The monoisotopic (exact) mass is 630 g/mol. The Labute approximate surface area is 268 Å². The van der Waals surface area contributed by atoms with Crippen LogP contribution in [0.15, 0.2) is 95.1 Å². The van der Waals surface area contributed by atoms with Gasteiger partial charge in [0.2, 0.25) is 0 Å². The van der Waals surface area contributed by atoms with Crippen molar-refractivity contribution < 1.29 is 33.0 Å². The molecule has 3 atom stereocenters. The van der Waals surface area contributed by atoms with Gasteiger partial charge in [0, 0.05) is 38.5 Å². The van der Waals surface area contributed by atoms with Gasteiger partial charge in [-0.2, -0.15) is 0 Å². The smallest absolute Gasteiger partial charge is 0.324 e. The molecule has 3 aliphatic rings. The molecule has 0 saturated carbocycles. The van der Waals surface area contributed by atoms with E-state index in [1.54, 1.807) is 13.1 Å². The predicted octanol–water partition coefficient (Wildman–Crippen LogP) is 6.68. The maximum absolute atomic E-state index is 14.0. The van der Waals surface area contributed by atoms with E-state index in [9.17, 15) is 23.5 Å². The van der Waals surface area contributed by atoms with Gasteiger partial charge in [0.05, 0.1) is 12.7 Å². The van der Waals surface area contributed by atoms with Crippen LogP contribution in [0.1, 0.15) is 46.8 Å². The van der Waals surface area contributed by atoms with Crippen molar-refractivity contribution in [1.29, 1.82) is 0 Å². The van der Waals surface area contributed by atoms with Crippen LogP contribution >= 0.6 is 0 Å². The number of nitrogens with zero attached hydrogens (tertiary/aromatic N) is 1. The molecule has 0 bridgehead atoms. The van der Waals surface area contributed by atoms with Crippen molar-refractivity contribution in [3.8, 4) is 11.1 Å². The van der Waals surface area contributed by atoms with Crippen LogP contribution in [0.3, 0.4) is 0 Å². The molecule has 242 valence electrons. The largest absolute Gasteiger partial charge is 0.493 e. The van der Waals surface area contributed by atoms with Crippen molar-refractivity contribution >= 4 is 11.9 Å². The molecule has 1 amide bonds. The van der Waals surface area contributed by atoms with Crippen LogP contribution in [0.4, 0.5) is 8.78 Å². The Morgan fingerprint density at radius 3 is 2.48 bits per heavy atom. The molecule has 5 rings (SSSR count). The number of rotatable bonds is 11. The average Bonchev–Trinajstić information content (AvgIpc) is 3.49. The highest BCUT2D eigenvalue weighted by molar-refractivity contribution is 5.97. The first-order valence-corrected chi connectivity index (χ1v) is 15.4. The van der Waals surface area contributed by atoms with Gasteiger partial charge in [-0.1, -0.05) is 48.6 Å². The van der Waals surface area contributed by atoms with Gasteiger partial charge in [-0.15, -0.1) is 0 Å². The topological polar surface area (TPSA) is 88.1 Å². The molecule has 0 radical (unpaired) electrons. The third kappa shape index (κ3) is 7.37. The van der Waals surface area contributed by atoms with E-state index >= 15 is 0 Å². The van der Waals surface area contributed by atoms with E-state index in [0.29, 0.717) is 37.3 Å². The summed E-state index contributed by atoms with van der Waals surface area (Å²) in [5.41, 5.74) is 7.75. The number of amides is 1. The second kappa shape index (κ2) is 14.4. The number of nitrogens with one attached hydrogen (secondary N) is 1. The number of halogens is 2. The van der Waals surface area contributed by atoms with Gasteiger partial charge in [-0.05, 0) is 83.5 Å². The van der Waals surface area contributed by atoms with Gasteiger partial charge in [0.1, 0.15) is 30.4 Å². The van der Waals surface area contributed by atoms with Gasteiger partial charge in [-0.25, -0.2) is 8.78 Å². The maximum Gasteiger partial charge on any atom is 0.324 e. The molecule has 1 heterocycles. The Kier molecular flexibility index (Phi) is 10.3. The molecular formula is C37H40F2N2O5. The summed E-state index contributed by atoms with van der Waals surface area (Å²) in [7, 11) is 1.62. The van der Waals surface area contributed by atoms with Gasteiger partial charge in [-0.3, -0.25) is 14.5 Å². The Balaban J connectivity index is 1.37. The van der Waals surface area contributed by atoms with Crippen LogP contribution in [0.25, 0.3) is 11.1 Å². The zero-order chi connectivity index (χ0) is 33.0. The van der Waals surface area contributed by atoms with Gasteiger partial charge in [0.25, 0.3) is 5.91 Å². The Morgan fingerprint density at radius 1 is 1.02 bits per heavy atom. The number of ether oxygens (including phenoxy) is 2. The highest BCUT2D eigenvalue weighted by Crippen LogP contribution is 2.34. The molecule has 2 unspecified atom stereocenters. The summed E-state index contributed by atoms with van der Waals surface area (Å²) in [5.74, 6) is -0.846. The first-order chi connectivity index (χ1) is 22.0. The van der Waals surface area contributed by atoms with Crippen molar-refractivity contribution in [1.82, 2.24) is 10.2 Å². The number of carboxylic acid groups (broad SMARTS) is 1. The molecule has 0 fully saturated rings. The highest BCUT2D eigenvalue weighted by atomic mass is 19.1. The maximum atomic E-state index is 14.0. The van der Waals surface area contributed by atoms with Crippen LogP contribution in [0.2, 0.25) is 0 Å². The van der Waals surface area contributed by atoms with Crippen molar-refractivity contribution in [3.63, 3.8) is 0 Å². The quantitative estimate of drug-likeness (QED) is 0.269. The van der Waals surface area contributed by atoms with Crippen LogP contribution in [0, 0.1) is 13.8 Å². The first kappa shape index (κ1) is 33.0. The van der Waals surface area contributed by atoms with E-state index < -0.39 is 30.1 Å². The van der Waals surface area contributed by atoms with Crippen LogP contribution in [-0.4, -0.2) is 66.9 Å².